The van der Waals surface area contributed by atoms with E-state index in [2.05, 4.69) is 15.0 Å². The van der Waals surface area contributed by atoms with Crippen LogP contribution in [0.1, 0.15) is 13.8 Å². The highest BCUT2D eigenvalue weighted by Crippen LogP contribution is 2.21. The van der Waals surface area contributed by atoms with Crippen LogP contribution < -0.4 is 10.1 Å². The molecule has 130 valence electrons. The summed E-state index contributed by atoms with van der Waals surface area (Å²) in [4.78, 5) is 12.2. The summed E-state index contributed by atoms with van der Waals surface area (Å²) in [5, 5.41) is 6.04. The Labute approximate surface area is 140 Å². The topological polar surface area (TPSA) is 102 Å². The maximum absolute atomic E-state index is 12.8. The van der Waals surface area contributed by atoms with E-state index in [4.69, 9.17) is 4.74 Å². The number of carbonyl (C=O) groups excluding carboxylic acids is 1. The Kier molecular flexibility index (Phi) is 5.58. The Morgan fingerprint density at radius 2 is 1.96 bits per heavy atom. The van der Waals surface area contributed by atoms with Gasteiger partial charge in [0, 0.05) is 12.1 Å². The summed E-state index contributed by atoms with van der Waals surface area (Å²) in [5.74, 6) is 0.272. The van der Waals surface area contributed by atoms with E-state index in [9.17, 15) is 13.2 Å². The van der Waals surface area contributed by atoms with Crippen molar-refractivity contribution in [1.29, 1.82) is 0 Å². The minimum absolute atomic E-state index is 0.0891. The molecule has 0 saturated carbocycles. The molecule has 0 saturated heterocycles. The van der Waals surface area contributed by atoms with Crippen molar-refractivity contribution in [1.82, 2.24) is 9.46 Å². The molecule has 0 bridgehead atoms. The van der Waals surface area contributed by atoms with Crippen LogP contribution in [-0.2, 0) is 14.8 Å². The fourth-order valence-electron chi connectivity index (χ4n) is 2.03. The van der Waals surface area contributed by atoms with E-state index in [0.29, 0.717) is 5.75 Å². The van der Waals surface area contributed by atoms with Crippen molar-refractivity contribution in [3.8, 4) is 5.75 Å². The Hall–Kier alpha value is -2.39. The van der Waals surface area contributed by atoms with E-state index in [1.165, 1.54) is 31.6 Å². The molecule has 2 aromatic rings. The zero-order valence-corrected chi connectivity index (χ0v) is 14.4. The van der Waals surface area contributed by atoms with Crippen molar-refractivity contribution >= 4 is 21.7 Å². The number of amides is 1. The first kappa shape index (κ1) is 18.0. The molecule has 1 heterocycles. The second-order valence-electron chi connectivity index (χ2n) is 5.25. The second kappa shape index (κ2) is 7.45. The average molecular weight is 353 g/mol. The number of nitrogens with one attached hydrogen (secondary N) is 1. The molecule has 2 rings (SSSR count). The van der Waals surface area contributed by atoms with Crippen molar-refractivity contribution in [2.45, 2.75) is 24.8 Å². The lowest BCUT2D eigenvalue weighted by molar-refractivity contribution is -0.116. The van der Waals surface area contributed by atoms with E-state index < -0.39 is 22.0 Å². The average Bonchev–Trinajstić information content (AvgIpc) is 3.05. The maximum atomic E-state index is 12.8. The molecule has 1 amide bonds. The van der Waals surface area contributed by atoms with Crippen LogP contribution in [0.3, 0.4) is 0 Å². The van der Waals surface area contributed by atoms with E-state index >= 15 is 0 Å². The molecule has 0 radical (unpaired) electrons. The largest absolute Gasteiger partial charge is 0.497 e. The van der Waals surface area contributed by atoms with Crippen molar-refractivity contribution in [2.24, 2.45) is 0 Å². The van der Waals surface area contributed by atoms with Crippen LogP contribution in [0.5, 0.6) is 5.75 Å². The van der Waals surface area contributed by atoms with Crippen LogP contribution in [0, 0.1) is 0 Å². The summed E-state index contributed by atoms with van der Waals surface area (Å²) in [5.41, 5.74) is 0. The number of ether oxygens (including phenoxy) is 1. The number of methoxy groups -OCH3 is 1. The Morgan fingerprint density at radius 3 is 2.46 bits per heavy atom. The number of benzene rings is 1. The quantitative estimate of drug-likeness (QED) is 0.813. The molecule has 0 unspecified atom stereocenters. The summed E-state index contributed by atoms with van der Waals surface area (Å²) in [6, 6.07) is 7.07. The van der Waals surface area contributed by atoms with Crippen LogP contribution in [-0.4, -0.2) is 43.5 Å². The van der Waals surface area contributed by atoms with Crippen molar-refractivity contribution < 1.29 is 22.5 Å². The van der Waals surface area contributed by atoms with Gasteiger partial charge in [-0.15, -0.1) is 0 Å². The summed E-state index contributed by atoms with van der Waals surface area (Å²) < 4.78 is 36.3. The number of aromatic nitrogens is 1. The number of rotatable bonds is 7. The number of anilines is 1. The monoisotopic (exact) mass is 353 g/mol. The van der Waals surface area contributed by atoms with Gasteiger partial charge in [-0.2, -0.15) is 4.31 Å². The predicted molar refractivity (Wildman–Crippen MR) is 87.2 cm³/mol. The minimum Gasteiger partial charge on any atom is -0.497 e. The van der Waals surface area contributed by atoms with Crippen molar-refractivity contribution in [3.05, 3.63) is 36.6 Å². The molecule has 0 spiro atoms. The molecule has 1 aromatic heterocycles. The molecule has 9 heteroatoms. The minimum atomic E-state index is -3.83. The highest BCUT2D eigenvalue weighted by Gasteiger charge is 2.29. The van der Waals surface area contributed by atoms with Crippen LogP contribution in [0.25, 0.3) is 0 Å². The van der Waals surface area contributed by atoms with Gasteiger partial charge in [0.25, 0.3) is 0 Å². The Morgan fingerprint density at radius 1 is 1.29 bits per heavy atom. The summed E-state index contributed by atoms with van der Waals surface area (Å²) in [7, 11) is -2.33. The molecular formula is C15H19N3O5S. The lowest BCUT2D eigenvalue weighted by Gasteiger charge is -2.25. The Bertz CT molecular complexity index is 770. The molecule has 24 heavy (non-hydrogen) atoms. The molecule has 8 nitrogen and oxygen atoms in total. The fraction of sp³-hybridized carbons (Fsp3) is 0.333. The number of carbonyl (C=O) groups is 1. The normalized spacial score (nSPS) is 11.7. The predicted octanol–water partition coefficient (Wildman–Crippen LogP) is 1.72. The third kappa shape index (κ3) is 4.12. The zero-order valence-electron chi connectivity index (χ0n) is 13.6. The molecule has 0 aliphatic heterocycles. The van der Waals surface area contributed by atoms with E-state index in [1.807, 2.05) is 0 Å². The number of sulfonamides is 1. The van der Waals surface area contributed by atoms with Gasteiger partial charge in [0.2, 0.25) is 15.9 Å². The molecule has 1 N–H and O–H groups in total. The first-order valence-electron chi connectivity index (χ1n) is 7.20. The van der Waals surface area contributed by atoms with Gasteiger partial charge >= 0.3 is 0 Å². The molecule has 1 aromatic carbocycles. The van der Waals surface area contributed by atoms with E-state index in [0.717, 1.165) is 4.31 Å². The first-order chi connectivity index (χ1) is 11.3. The molecular weight excluding hydrogens is 334 g/mol. The summed E-state index contributed by atoms with van der Waals surface area (Å²) in [6.07, 6.45) is 1.31. The highest BCUT2D eigenvalue weighted by molar-refractivity contribution is 7.89. The van der Waals surface area contributed by atoms with Crippen LogP contribution in [0.2, 0.25) is 0 Å². The fourth-order valence-corrected chi connectivity index (χ4v) is 3.62. The second-order valence-corrected chi connectivity index (χ2v) is 7.14. The van der Waals surface area contributed by atoms with Gasteiger partial charge in [0.1, 0.15) is 12.0 Å². The van der Waals surface area contributed by atoms with Crippen molar-refractivity contribution in [3.63, 3.8) is 0 Å². The van der Waals surface area contributed by atoms with Gasteiger partial charge in [-0.1, -0.05) is 5.16 Å². The van der Waals surface area contributed by atoms with Crippen LogP contribution >= 0.6 is 0 Å². The molecule has 0 atom stereocenters. The van der Waals surface area contributed by atoms with E-state index in [-0.39, 0.29) is 17.3 Å². The Balaban J connectivity index is 2.19. The van der Waals surface area contributed by atoms with E-state index in [1.54, 1.807) is 26.0 Å². The molecule has 0 aliphatic carbocycles. The lowest BCUT2D eigenvalue weighted by Crippen LogP contribution is -2.42. The van der Waals surface area contributed by atoms with Crippen LogP contribution in [0.4, 0.5) is 5.82 Å². The third-order valence-electron chi connectivity index (χ3n) is 3.25. The maximum Gasteiger partial charge on any atom is 0.243 e. The summed E-state index contributed by atoms with van der Waals surface area (Å²) >= 11 is 0. The molecule has 0 fully saturated rings. The van der Waals surface area contributed by atoms with Gasteiger partial charge in [0.05, 0.1) is 18.6 Å². The number of nitrogens with zero attached hydrogens (tertiary/aromatic N) is 2. The lowest BCUT2D eigenvalue weighted by atomic mass is 10.3. The van der Waals surface area contributed by atoms with Gasteiger partial charge in [-0.25, -0.2) is 8.42 Å². The zero-order chi connectivity index (χ0) is 17.7. The highest BCUT2D eigenvalue weighted by atomic mass is 32.2. The number of hydrogen-bond acceptors (Lipinski definition) is 6. The smallest absolute Gasteiger partial charge is 0.243 e. The van der Waals surface area contributed by atoms with Gasteiger partial charge in [-0.05, 0) is 38.1 Å². The SMILES string of the molecule is COc1ccc(S(=O)(=O)N(CC(=O)Nc2ccon2)C(C)C)cc1. The van der Waals surface area contributed by atoms with Crippen LogP contribution in [0.15, 0.2) is 46.0 Å². The number of hydrogen-bond donors (Lipinski definition) is 1. The standard InChI is InChI=1S/C15H19N3O5S/c1-11(2)18(10-15(19)16-14-8-9-23-17-14)24(20,21)13-6-4-12(22-3)5-7-13/h4-9,11H,10H2,1-3H3,(H,16,17,19). The van der Waals surface area contributed by atoms with Gasteiger partial charge in [0.15, 0.2) is 5.82 Å². The molecule has 0 aliphatic rings. The van der Waals surface area contributed by atoms with Gasteiger partial charge in [-0.3, -0.25) is 4.79 Å². The summed E-state index contributed by atoms with van der Waals surface area (Å²) in [6.45, 7) is 3.06. The first-order valence-corrected chi connectivity index (χ1v) is 8.64. The van der Waals surface area contributed by atoms with Crippen molar-refractivity contribution in [2.75, 3.05) is 19.0 Å². The van der Waals surface area contributed by atoms with Gasteiger partial charge < -0.3 is 14.6 Å². The third-order valence-corrected chi connectivity index (χ3v) is 5.28.